The van der Waals surface area contributed by atoms with Crippen molar-refractivity contribution in [2.75, 3.05) is 25.6 Å². The summed E-state index contributed by atoms with van der Waals surface area (Å²) in [5, 5.41) is 3.34. The van der Waals surface area contributed by atoms with E-state index in [0.717, 1.165) is 30.8 Å². The first-order valence-electron chi connectivity index (χ1n) is 7.79. The molecule has 0 aliphatic rings. The standard InChI is InChI=1S/C19H23NO3/c1-22-19(21)14-16-8-10-18(11-9-16)20-12-5-13-23-15-17-6-3-2-4-7-17/h2-4,6-11,20H,5,12-15H2,1H3. The van der Waals surface area contributed by atoms with Crippen LogP contribution in [0.1, 0.15) is 17.5 Å². The van der Waals surface area contributed by atoms with Crippen molar-refractivity contribution in [2.45, 2.75) is 19.4 Å². The summed E-state index contributed by atoms with van der Waals surface area (Å²) >= 11 is 0. The summed E-state index contributed by atoms with van der Waals surface area (Å²) in [6, 6.07) is 18.0. The molecule has 2 aromatic carbocycles. The van der Waals surface area contributed by atoms with Crippen molar-refractivity contribution in [1.82, 2.24) is 0 Å². The van der Waals surface area contributed by atoms with E-state index in [9.17, 15) is 4.79 Å². The number of nitrogens with one attached hydrogen (secondary N) is 1. The molecule has 0 aliphatic carbocycles. The van der Waals surface area contributed by atoms with Gasteiger partial charge in [0.2, 0.25) is 0 Å². The quantitative estimate of drug-likeness (QED) is 0.569. The van der Waals surface area contributed by atoms with Crippen LogP contribution in [0, 0.1) is 0 Å². The number of esters is 1. The van der Waals surface area contributed by atoms with Gasteiger partial charge >= 0.3 is 5.97 Å². The minimum absolute atomic E-state index is 0.221. The Kier molecular flexibility index (Phi) is 7.14. The molecule has 0 aromatic heterocycles. The minimum Gasteiger partial charge on any atom is -0.469 e. The third kappa shape index (κ3) is 6.53. The topological polar surface area (TPSA) is 47.6 Å². The summed E-state index contributed by atoms with van der Waals surface area (Å²) in [5.74, 6) is -0.221. The molecule has 0 saturated heterocycles. The monoisotopic (exact) mass is 313 g/mol. The second-order valence-electron chi connectivity index (χ2n) is 5.27. The van der Waals surface area contributed by atoms with Gasteiger partial charge in [-0.05, 0) is 29.7 Å². The highest BCUT2D eigenvalue weighted by Gasteiger charge is 2.02. The van der Waals surface area contributed by atoms with Gasteiger partial charge in [0.25, 0.3) is 0 Å². The molecule has 0 unspecified atom stereocenters. The molecule has 4 heteroatoms. The molecule has 0 atom stereocenters. The summed E-state index contributed by atoms with van der Waals surface area (Å²) in [5.41, 5.74) is 3.19. The van der Waals surface area contributed by atoms with E-state index < -0.39 is 0 Å². The zero-order chi connectivity index (χ0) is 16.3. The van der Waals surface area contributed by atoms with Gasteiger partial charge in [-0.25, -0.2) is 0 Å². The lowest BCUT2D eigenvalue weighted by Gasteiger charge is -2.08. The van der Waals surface area contributed by atoms with Crippen molar-refractivity contribution in [1.29, 1.82) is 0 Å². The average molecular weight is 313 g/mol. The van der Waals surface area contributed by atoms with Gasteiger partial charge in [-0.15, -0.1) is 0 Å². The summed E-state index contributed by atoms with van der Waals surface area (Å²) < 4.78 is 10.3. The zero-order valence-electron chi connectivity index (χ0n) is 13.5. The van der Waals surface area contributed by atoms with Gasteiger partial charge in [0.15, 0.2) is 0 Å². The number of methoxy groups -OCH3 is 1. The molecule has 0 radical (unpaired) electrons. The molecule has 0 amide bonds. The SMILES string of the molecule is COC(=O)Cc1ccc(NCCCOCc2ccccc2)cc1. The van der Waals surface area contributed by atoms with Gasteiger partial charge in [0.1, 0.15) is 0 Å². The molecule has 0 fully saturated rings. The molecule has 2 rings (SSSR count). The fraction of sp³-hybridized carbons (Fsp3) is 0.316. The fourth-order valence-electron chi connectivity index (χ4n) is 2.15. The molecule has 0 heterocycles. The summed E-state index contributed by atoms with van der Waals surface area (Å²) in [6.45, 7) is 2.23. The van der Waals surface area contributed by atoms with E-state index in [1.807, 2.05) is 42.5 Å². The molecule has 0 saturated carbocycles. The van der Waals surface area contributed by atoms with Gasteiger partial charge in [-0.3, -0.25) is 4.79 Å². The third-order valence-corrected chi connectivity index (χ3v) is 3.44. The summed E-state index contributed by atoms with van der Waals surface area (Å²) in [4.78, 5) is 11.2. The minimum atomic E-state index is -0.221. The Morgan fingerprint density at radius 2 is 1.74 bits per heavy atom. The van der Waals surface area contributed by atoms with Crippen LogP contribution in [0.3, 0.4) is 0 Å². The third-order valence-electron chi connectivity index (χ3n) is 3.44. The highest BCUT2D eigenvalue weighted by Crippen LogP contribution is 2.10. The van der Waals surface area contributed by atoms with E-state index in [4.69, 9.17) is 4.74 Å². The van der Waals surface area contributed by atoms with Gasteiger partial charge < -0.3 is 14.8 Å². The van der Waals surface area contributed by atoms with Crippen LogP contribution >= 0.6 is 0 Å². The van der Waals surface area contributed by atoms with E-state index >= 15 is 0 Å². The van der Waals surface area contributed by atoms with E-state index in [-0.39, 0.29) is 5.97 Å². The van der Waals surface area contributed by atoms with Crippen molar-refractivity contribution in [3.63, 3.8) is 0 Å². The van der Waals surface area contributed by atoms with Crippen LogP contribution in [0.2, 0.25) is 0 Å². The Hall–Kier alpha value is -2.33. The number of carbonyl (C=O) groups is 1. The van der Waals surface area contributed by atoms with Crippen LogP contribution in [0.4, 0.5) is 5.69 Å². The number of hydrogen-bond acceptors (Lipinski definition) is 4. The van der Waals surface area contributed by atoms with Crippen LogP contribution in [0.15, 0.2) is 54.6 Å². The summed E-state index contributed by atoms with van der Waals surface area (Å²) in [7, 11) is 1.40. The lowest BCUT2D eigenvalue weighted by Crippen LogP contribution is -2.07. The molecule has 23 heavy (non-hydrogen) atoms. The van der Waals surface area contributed by atoms with E-state index in [2.05, 4.69) is 22.2 Å². The van der Waals surface area contributed by atoms with Gasteiger partial charge in [-0.2, -0.15) is 0 Å². The van der Waals surface area contributed by atoms with Crippen LogP contribution < -0.4 is 5.32 Å². The molecule has 1 N–H and O–H groups in total. The van der Waals surface area contributed by atoms with Crippen LogP contribution in [0.5, 0.6) is 0 Å². The zero-order valence-corrected chi connectivity index (χ0v) is 13.5. The fourth-order valence-corrected chi connectivity index (χ4v) is 2.15. The second kappa shape index (κ2) is 9.64. The van der Waals surface area contributed by atoms with Crippen molar-refractivity contribution >= 4 is 11.7 Å². The molecule has 4 nitrogen and oxygen atoms in total. The Bertz CT molecular complexity index is 581. The van der Waals surface area contributed by atoms with E-state index in [0.29, 0.717) is 13.0 Å². The van der Waals surface area contributed by atoms with E-state index in [1.165, 1.54) is 12.7 Å². The Morgan fingerprint density at radius 3 is 2.43 bits per heavy atom. The molecule has 0 spiro atoms. The second-order valence-corrected chi connectivity index (χ2v) is 5.27. The number of rotatable bonds is 9. The lowest BCUT2D eigenvalue weighted by molar-refractivity contribution is -0.139. The van der Waals surface area contributed by atoms with Crippen molar-refractivity contribution in [3.8, 4) is 0 Å². The molecule has 0 bridgehead atoms. The lowest BCUT2D eigenvalue weighted by atomic mass is 10.1. The van der Waals surface area contributed by atoms with Crippen LogP contribution in [-0.2, 0) is 27.3 Å². The van der Waals surface area contributed by atoms with E-state index in [1.54, 1.807) is 0 Å². The number of ether oxygens (including phenoxy) is 2. The van der Waals surface area contributed by atoms with Crippen molar-refractivity contribution < 1.29 is 14.3 Å². The Balaban J connectivity index is 1.60. The van der Waals surface area contributed by atoms with Crippen molar-refractivity contribution in [3.05, 3.63) is 65.7 Å². The first-order valence-corrected chi connectivity index (χ1v) is 7.79. The Morgan fingerprint density at radius 1 is 1.00 bits per heavy atom. The predicted molar refractivity (Wildman–Crippen MR) is 91.4 cm³/mol. The number of benzene rings is 2. The number of hydrogen-bond donors (Lipinski definition) is 1. The Labute approximate surface area is 137 Å². The van der Waals surface area contributed by atoms with Crippen LogP contribution in [0.25, 0.3) is 0 Å². The predicted octanol–water partition coefficient (Wildman–Crippen LogP) is 3.42. The van der Waals surface area contributed by atoms with Gasteiger partial charge in [-0.1, -0.05) is 42.5 Å². The largest absolute Gasteiger partial charge is 0.469 e. The first kappa shape index (κ1) is 17.0. The maximum absolute atomic E-state index is 11.2. The number of carbonyl (C=O) groups excluding carboxylic acids is 1. The summed E-state index contributed by atoms with van der Waals surface area (Å²) in [6.07, 6.45) is 1.25. The van der Waals surface area contributed by atoms with Crippen molar-refractivity contribution in [2.24, 2.45) is 0 Å². The maximum Gasteiger partial charge on any atom is 0.309 e. The number of anilines is 1. The average Bonchev–Trinajstić information content (AvgIpc) is 2.60. The van der Waals surface area contributed by atoms with Gasteiger partial charge in [0.05, 0.1) is 20.1 Å². The molecular formula is C19H23NO3. The highest BCUT2D eigenvalue weighted by atomic mass is 16.5. The normalized spacial score (nSPS) is 10.3. The molecule has 0 aliphatic heterocycles. The first-order chi connectivity index (χ1) is 11.3. The highest BCUT2D eigenvalue weighted by molar-refractivity contribution is 5.72. The maximum atomic E-state index is 11.2. The molecule has 122 valence electrons. The van der Waals surface area contributed by atoms with Gasteiger partial charge in [0, 0.05) is 18.8 Å². The molecular weight excluding hydrogens is 290 g/mol. The smallest absolute Gasteiger partial charge is 0.309 e. The molecule has 2 aromatic rings. The van der Waals surface area contributed by atoms with Crippen LogP contribution in [-0.4, -0.2) is 26.2 Å².